The fourth-order valence-corrected chi connectivity index (χ4v) is 1.09. The number of hydrogen-bond donors (Lipinski definition) is 2. The number of nitrogens with one attached hydrogen (secondary N) is 1. The van der Waals surface area contributed by atoms with Crippen LogP contribution >= 0.6 is 0 Å². The van der Waals surface area contributed by atoms with Crippen LogP contribution in [-0.2, 0) is 0 Å². The molecular weight excluding hydrogens is 234 g/mol. The topological polar surface area (TPSA) is 84.2 Å². The smallest absolute Gasteiger partial charge is 0.335 e. The van der Waals surface area contributed by atoms with E-state index in [1.165, 1.54) is 10.9 Å². The van der Waals surface area contributed by atoms with Gasteiger partial charge in [-0.3, -0.25) is 4.57 Å². The van der Waals surface area contributed by atoms with Crippen LogP contribution in [0.2, 0.25) is 0 Å². The normalized spacial score (nSPS) is 8.94. The zero-order valence-electron chi connectivity index (χ0n) is 9.78. The van der Waals surface area contributed by atoms with E-state index in [2.05, 4.69) is 10.3 Å². The number of imidazole rings is 1. The summed E-state index contributed by atoms with van der Waals surface area (Å²) in [5, 5.41) is 10.8. The van der Waals surface area contributed by atoms with Gasteiger partial charge in [-0.15, -0.1) is 0 Å². The maximum Gasteiger partial charge on any atom is 0.335 e. The van der Waals surface area contributed by atoms with Crippen LogP contribution in [-0.4, -0.2) is 33.7 Å². The van der Waals surface area contributed by atoms with Gasteiger partial charge in [-0.2, -0.15) is 0 Å². The lowest BCUT2D eigenvalue weighted by atomic mass is 10.2. The summed E-state index contributed by atoms with van der Waals surface area (Å²) in [6, 6.07) is 8.12. The second-order valence-electron chi connectivity index (χ2n) is 3.20. The van der Waals surface area contributed by atoms with Gasteiger partial charge in [-0.1, -0.05) is 18.2 Å². The van der Waals surface area contributed by atoms with Crippen molar-refractivity contribution >= 4 is 12.0 Å². The number of benzene rings is 1. The zero-order chi connectivity index (χ0) is 13.4. The molecular formula is C12H13N3O3. The molecule has 6 nitrogen and oxygen atoms in total. The first kappa shape index (κ1) is 13.4. The van der Waals surface area contributed by atoms with Gasteiger partial charge in [0.15, 0.2) is 0 Å². The average molecular weight is 247 g/mol. The van der Waals surface area contributed by atoms with Crippen molar-refractivity contribution in [2.24, 2.45) is 0 Å². The summed E-state index contributed by atoms with van der Waals surface area (Å²) >= 11 is 0. The number of carbonyl (C=O) groups excluding carboxylic acids is 1. The minimum atomic E-state index is -0.879. The van der Waals surface area contributed by atoms with Crippen molar-refractivity contribution in [3.05, 3.63) is 54.6 Å². The van der Waals surface area contributed by atoms with Crippen molar-refractivity contribution in [2.45, 2.75) is 0 Å². The number of aromatic nitrogens is 2. The van der Waals surface area contributed by atoms with Crippen LogP contribution in [0.15, 0.2) is 49.1 Å². The maximum atomic E-state index is 10.7. The third-order valence-electron chi connectivity index (χ3n) is 1.97. The molecule has 1 amide bonds. The summed E-state index contributed by atoms with van der Waals surface area (Å²) in [5.74, 6) is -0.879. The third-order valence-corrected chi connectivity index (χ3v) is 1.97. The highest BCUT2D eigenvalue weighted by Crippen LogP contribution is 1.96. The lowest BCUT2D eigenvalue weighted by molar-refractivity contribution is 0.0697. The second-order valence-corrected chi connectivity index (χ2v) is 3.20. The quantitative estimate of drug-likeness (QED) is 0.798. The molecule has 0 atom stereocenters. The van der Waals surface area contributed by atoms with Gasteiger partial charge in [-0.25, -0.2) is 14.6 Å². The highest BCUT2D eigenvalue weighted by molar-refractivity contribution is 5.87. The maximum absolute atomic E-state index is 10.7. The summed E-state index contributed by atoms with van der Waals surface area (Å²) in [4.78, 5) is 24.6. The molecule has 0 bridgehead atoms. The van der Waals surface area contributed by atoms with Gasteiger partial charge in [0.2, 0.25) is 0 Å². The molecule has 94 valence electrons. The highest BCUT2D eigenvalue weighted by Gasteiger charge is 1.96. The molecule has 2 N–H and O–H groups in total. The van der Waals surface area contributed by atoms with Gasteiger partial charge in [0, 0.05) is 19.4 Å². The molecule has 0 fully saturated rings. The van der Waals surface area contributed by atoms with Crippen molar-refractivity contribution in [2.75, 3.05) is 7.05 Å². The van der Waals surface area contributed by atoms with E-state index in [1.807, 2.05) is 0 Å². The van der Waals surface area contributed by atoms with Gasteiger partial charge in [0.05, 0.1) is 5.56 Å². The van der Waals surface area contributed by atoms with Crippen molar-refractivity contribution < 1.29 is 14.7 Å². The number of rotatable bonds is 1. The predicted molar refractivity (Wildman–Crippen MR) is 65.5 cm³/mol. The molecule has 0 saturated carbocycles. The van der Waals surface area contributed by atoms with E-state index >= 15 is 0 Å². The summed E-state index contributed by atoms with van der Waals surface area (Å²) < 4.78 is 1.36. The second kappa shape index (κ2) is 6.85. The van der Waals surface area contributed by atoms with E-state index in [9.17, 15) is 9.59 Å². The van der Waals surface area contributed by atoms with Crippen LogP contribution in [0.5, 0.6) is 0 Å². The number of hydrogen-bond acceptors (Lipinski definition) is 3. The van der Waals surface area contributed by atoms with E-state index in [-0.39, 0.29) is 6.03 Å². The summed E-state index contributed by atoms with van der Waals surface area (Å²) in [6.07, 6.45) is 4.58. The number of carbonyl (C=O) groups is 2. The van der Waals surface area contributed by atoms with Gasteiger partial charge in [-0.05, 0) is 12.1 Å². The minimum Gasteiger partial charge on any atom is -0.478 e. The van der Waals surface area contributed by atoms with Gasteiger partial charge in [0.25, 0.3) is 0 Å². The summed E-state index contributed by atoms with van der Waals surface area (Å²) in [5.41, 5.74) is 0.331. The Morgan fingerprint density at radius 3 is 2.33 bits per heavy atom. The monoisotopic (exact) mass is 247 g/mol. The molecule has 0 aliphatic rings. The summed E-state index contributed by atoms with van der Waals surface area (Å²) in [7, 11) is 1.57. The fraction of sp³-hybridized carbons (Fsp3) is 0.0833. The minimum absolute atomic E-state index is 0.174. The standard InChI is InChI=1S/C7H6O2.C5H7N3O/c8-7(9)6-4-2-1-3-5-6;1-6-5(9)8-3-2-7-4-8/h1-5H,(H,8,9);2-4H,1H3,(H,6,9). The first-order valence-corrected chi connectivity index (χ1v) is 5.13. The van der Waals surface area contributed by atoms with E-state index in [0.29, 0.717) is 5.56 Å². The van der Waals surface area contributed by atoms with E-state index < -0.39 is 5.97 Å². The van der Waals surface area contributed by atoms with E-state index in [1.54, 1.807) is 49.8 Å². The van der Waals surface area contributed by atoms with Gasteiger partial charge < -0.3 is 10.4 Å². The number of carboxylic acid groups (broad SMARTS) is 1. The molecule has 1 aromatic heterocycles. The predicted octanol–water partition coefficient (Wildman–Crippen LogP) is 1.46. The molecule has 2 aromatic rings. The van der Waals surface area contributed by atoms with E-state index in [4.69, 9.17) is 5.11 Å². The Morgan fingerprint density at radius 2 is 1.94 bits per heavy atom. The molecule has 1 heterocycles. The Labute approximate surface area is 104 Å². The van der Waals surface area contributed by atoms with Crippen molar-refractivity contribution in [1.29, 1.82) is 0 Å². The van der Waals surface area contributed by atoms with Gasteiger partial charge in [0.1, 0.15) is 6.33 Å². The number of carboxylic acids is 1. The molecule has 0 radical (unpaired) electrons. The molecule has 0 spiro atoms. The van der Waals surface area contributed by atoms with E-state index in [0.717, 1.165) is 0 Å². The van der Waals surface area contributed by atoms with Crippen molar-refractivity contribution in [1.82, 2.24) is 14.9 Å². The molecule has 6 heteroatoms. The molecule has 0 saturated heterocycles. The Hall–Kier alpha value is -2.63. The molecule has 2 rings (SSSR count). The Kier molecular flexibility index (Phi) is 5.11. The molecule has 1 aromatic carbocycles. The molecule has 18 heavy (non-hydrogen) atoms. The summed E-state index contributed by atoms with van der Waals surface area (Å²) in [6.45, 7) is 0. The molecule has 0 aliphatic heterocycles. The Balaban J connectivity index is 0.000000180. The van der Waals surface area contributed by atoms with Crippen LogP contribution in [0.3, 0.4) is 0 Å². The highest BCUT2D eigenvalue weighted by atomic mass is 16.4. The van der Waals surface area contributed by atoms with Gasteiger partial charge >= 0.3 is 12.0 Å². The van der Waals surface area contributed by atoms with Crippen LogP contribution in [0.25, 0.3) is 0 Å². The number of aromatic carboxylic acids is 1. The third kappa shape index (κ3) is 4.09. The largest absolute Gasteiger partial charge is 0.478 e. The fourth-order valence-electron chi connectivity index (χ4n) is 1.09. The first-order valence-electron chi connectivity index (χ1n) is 5.13. The van der Waals surface area contributed by atoms with Crippen LogP contribution in [0, 0.1) is 0 Å². The van der Waals surface area contributed by atoms with Crippen LogP contribution in [0.1, 0.15) is 10.4 Å². The van der Waals surface area contributed by atoms with Crippen LogP contribution in [0.4, 0.5) is 4.79 Å². The average Bonchev–Trinajstić information content (AvgIpc) is 2.93. The lowest BCUT2D eigenvalue weighted by Crippen LogP contribution is -2.22. The lowest BCUT2D eigenvalue weighted by Gasteiger charge is -1.95. The molecule has 0 unspecified atom stereocenters. The molecule has 0 aliphatic carbocycles. The number of nitrogens with zero attached hydrogens (tertiary/aromatic N) is 2. The zero-order valence-corrected chi connectivity index (χ0v) is 9.78. The number of amides is 1. The SMILES string of the molecule is CNC(=O)n1ccnc1.O=C(O)c1ccccc1. The Bertz CT molecular complexity index is 495. The Morgan fingerprint density at radius 1 is 1.28 bits per heavy atom. The van der Waals surface area contributed by atoms with Crippen molar-refractivity contribution in [3.8, 4) is 0 Å². The van der Waals surface area contributed by atoms with Crippen LogP contribution < -0.4 is 5.32 Å². The van der Waals surface area contributed by atoms with Crippen molar-refractivity contribution in [3.63, 3.8) is 0 Å². The first-order chi connectivity index (χ1) is 8.65.